The fourth-order valence-electron chi connectivity index (χ4n) is 2.60. The molecule has 1 heterocycles. The number of halogens is 2. The van der Waals surface area contributed by atoms with E-state index in [1.165, 1.54) is 36.1 Å². The Balaban J connectivity index is 1.88. The standard InChI is InChI=1S/C20H16F2N2O3/c1-27-14-6-2-5-13(11-14)12-24-10-4-7-15(20(24)26)19(25)23-18-16(21)8-3-9-17(18)22/h2-11H,12H2,1H3,(H,23,25). The third kappa shape index (κ3) is 4.03. The number of rotatable bonds is 5. The SMILES string of the molecule is COc1cccc(Cn2cccc(C(=O)Nc3c(F)cccc3F)c2=O)c1. The Morgan fingerprint density at radius 3 is 2.48 bits per heavy atom. The highest BCUT2D eigenvalue weighted by atomic mass is 19.1. The fraction of sp³-hybridized carbons (Fsp3) is 0.100. The number of amides is 1. The van der Waals surface area contributed by atoms with Gasteiger partial charge in [-0.15, -0.1) is 0 Å². The summed E-state index contributed by atoms with van der Waals surface area (Å²) in [5, 5.41) is 2.12. The van der Waals surface area contributed by atoms with Crippen molar-refractivity contribution in [1.82, 2.24) is 4.57 Å². The highest BCUT2D eigenvalue weighted by Crippen LogP contribution is 2.18. The molecule has 1 aromatic heterocycles. The van der Waals surface area contributed by atoms with Crippen molar-refractivity contribution >= 4 is 11.6 Å². The van der Waals surface area contributed by atoms with Crippen LogP contribution in [0.2, 0.25) is 0 Å². The molecule has 0 aliphatic carbocycles. The van der Waals surface area contributed by atoms with Gasteiger partial charge in [-0.1, -0.05) is 18.2 Å². The maximum atomic E-state index is 13.7. The largest absolute Gasteiger partial charge is 0.497 e. The first kappa shape index (κ1) is 18.3. The van der Waals surface area contributed by atoms with Crippen LogP contribution in [0.15, 0.2) is 65.6 Å². The number of para-hydroxylation sites is 1. The number of nitrogens with zero attached hydrogens (tertiary/aromatic N) is 1. The Hall–Kier alpha value is -3.48. The molecule has 0 radical (unpaired) electrons. The normalized spacial score (nSPS) is 10.5. The lowest BCUT2D eigenvalue weighted by Gasteiger charge is -2.10. The van der Waals surface area contributed by atoms with Crippen LogP contribution < -0.4 is 15.6 Å². The number of hydrogen-bond acceptors (Lipinski definition) is 3. The summed E-state index contributed by atoms with van der Waals surface area (Å²) in [6, 6.07) is 13.2. The van der Waals surface area contributed by atoms with Gasteiger partial charge in [-0.05, 0) is 42.0 Å². The summed E-state index contributed by atoms with van der Waals surface area (Å²) in [7, 11) is 1.54. The summed E-state index contributed by atoms with van der Waals surface area (Å²) in [6.45, 7) is 0.214. The number of nitrogens with one attached hydrogen (secondary N) is 1. The Morgan fingerprint density at radius 1 is 1.07 bits per heavy atom. The topological polar surface area (TPSA) is 60.3 Å². The van der Waals surface area contributed by atoms with Gasteiger partial charge < -0.3 is 14.6 Å². The zero-order valence-electron chi connectivity index (χ0n) is 14.4. The summed E-state index contributed by atoms with van der Waals surface area (Å²) in [6.07, 6.45) is 1.53. The van der Waals surface area contributed by atoms with E-state index < -0.39 is 28.8 Å². The van der Waals surface area contributed by atoms with Crippen molar-refractivity contribution in [3.63, 3.8) is 0 Å². The molecule has 3 aromatic rings. The van der Waals surface area contributed by atoms with Crippen LogP contribution in [-0.2, 0) is 6.54 Å². The molecule has 0 bridgehead atoms. The van der Waals surface area contributed by atoms with Gasteiger partial charge in [0.25, 0.3) is 11.5 Å². The first-order valence-corrected chi connectivity index (χ1v) is 8.07. The minimum absolute atomic E-state index is 0.214. The van der Waals surface area contributed by atoms with Gasteiger partial charge >= 0.3 is 0 Å². The number of methoxy groups -OCH3 is 1. The van der Waals surface area contributed by atoms with E-state index in [9.17, 15) is 18.4 Å². The quantitative estimate of drug-likeness (QED) is 0.749. The Morgan fingerprint density at radius 2 is 1.78 bits per heavy atom. The molecule has 0 fully saturated rings. The van der Waals surface area contributed by atoms with E-state index in [0.29, 0.717) is 5.75 Å². The summed E-state index contributed by atoms with van der Waals surface area (Å²) in [4.78, 5) is 25.0. The first-order valence-electron chi connectivity index (χ1n) is 8.07. The van der Waals surface area contributed by atoms with E-state index in [4.69, 9.17) is 4.74 Å². The number of carbonyl (C=O) groups is 1. The minimum Gasteiger partial charge on any atom is -0.497 e. The predicted molar refractivity (Wildman–Crippen MR) is 97.1 cm³/mol. The van der Waals surface area contributed by atoms with E-state index in [1.807, 2.05) is 6.07 Å². The fourth-order valence-corrected chi connectivity index (χ4v) is 2.60. The molecule has 0 atom stereocenters. The maximum absolute atomic E-state index is 13.7. The van der Waals surface area contributed by atoms with Crippen molar-refractivity contribution in [2.24, 2.45) is 0 Å². The monoisotopic (exact) mass is 370 g/mol. The number of aromatic nitrogens is 1. The lowest BCUT2D eigenvalue weighted by molar-refractivity contribution is 0.102. The van der Waals surface area contributed by atoms with Gasteiger partial charge in [-0.3, -0.25) is 9.59 Å². The van der Waals surface area contributed by atoms with Gasteiger partial charge in [0.2, 0.25) is 0 Å². The summed E-state index contributed by atoms with van der Waals surface area (Å²) < 4.78 is 33.9. The van der Waals surface area contributed by atoms with Gasteiger partial charge in [0.05, 0.1) is 13.7 Å². The maximum Gasteiger partial charge on any atom is 0.263 e. The molecule has 5 nitrogen and oxygen atoms in total. The molecule has 27 heavy (non-hydrogen) atoms. The predicted octanol–water partition coefficient (Wildman–Crippen LogP) is 3.44. The Labute approximate surface area is 153 Å². The molecule has 7 heteroatoms. The van der Waals surface area contributed by atoms with Crippen molar-refractivity contribution in [2.75, 3.05) is 12.4 Å². The molecule has 1 amide bonds. The zero-order valence-corrected chi connectivity index (χ0v) is 14.4. The van der Waals surface area contributed by atoms with Gasteiger partial charge in [0, 0.05) is 6.20 Å². The Kier molecular flexibility index (Phi) is 5.30. The van der Waals surface area contributed by atoms with Crippen LogP contribution in [0.25, 0.3) is 0 Å². The van der Waals surface area contributed by atoms with Gasteiger partial charge in [-0.2, -0.15) is 0 Å². The van der Waals surface area contributed by atoms with Crippen LogP contribution in [0.1, 0.15) is 15.9 Å². The summed E-state index contributed by atoms with van der Waals surface area (Å²) >= 11 is 0. The van der Waals surface area contributed by atoms with Gasteiger partial charge in [0.1, 0.15) is 28.6 Å². The van der Waals surface area contributed by atoms with Gasteiger partial charge in [-0.25, -0.2) is 8.78 Å². The number of benzene rings is 2. The van der Waals surface area contributed by atoms with Gasteiger partial charge in [0.15, 0.2) is 0 Å². The number of anilines is 1. The van der Waals surface area contributed by atoms with Crippen molar-refractivity contribution < 1.29 is 18.3 Å². The number of pyridine rings is 1. The molecule has 1 N–H and O–H groups in total. The first-order chi connectivity index (χ1) is 13.0. The summed E-state index contributed by atoms with van der Waals surface area (Å²) in [5.41, 5.74) is -0.586. The van der Waals surface area contributed by atoms with Crippen LogP contribution in [0.5, 0.6) is 5.75 Å². The second kappa shape index (κ2) is 7.82. The molecule has 0 aliphatic heterocycles. The molecule has 0 saturated carbocycles. The second-order valence-corrected chi connectivity index (χ2v) is 5.76. The molecule has 138 valence electrons. The molecular weight excluding hydrogens is 354 g/mol. The van der Waals surface area contributed by atoms with Crippen LogP contribution >= 0.6 is 0 Å². The second-order valence-electron chi connectivity index (χ2n) is 5.76. The highest BCUT2D eigenvalue weighted by molar-refractivity contribution is 6.04. The molecule has 0 saturated heterocycles. The molecule has 0 unspecified atom stereocenters. The molecular formula is C20H16F2N2O3. The van der Waals surface area contributed by atoms with Crippen LogP contribution in [0.4, 0.5) is 14.5 Å². The lowest BCUT2D eigenvalue weighted by atomic mass is 10.2. The van der Waals surface area contributed by atoms with E-state index >= 15 is 0 Å². The Bertz CT molecular complexity index is 1030. The molecule has 0 spiro atoms. The molecule has 3 rings (SSSR count). The van der Waals surface area contributed by atoms with Crippen molar-refractivity contribution in [3.8, 4) is 5.75 Å². The average molecular weight is 370 g/mol. The van der Waals surface area contributed by atoms with E-state index in [2.05, 4.69) is 5.32 Å². The minimum atomic E-state index is -0.920. The van der Waals surface area contributed by atoms with E-state index in [1.54, 1.807) is 18.2 Å². The number of ether oxygens (including phenoxy) is 1. The van der Waals surface area contributed by atoms with Crippen LogP contribution in [-0.4, -0.2) is 17.6 Å². The van der Waals surface area contributed by atoms with Crippen LogP contribution in [0, 0.1) is 11.6 Å². The third-order valence-electron chi connectivity index (χ3n) is 3.95. The molecule has 2 aromatic carbocycles. The lowest BCUT2D eigenvalue weighted by Crippen LogP contribution is -2.29. The van der Waals surface area contributed by atoms with E-state index in [-0.39, 0.29) is 12.1 Å². The van der Waals surface area contributed by atoms with E-state index in [0.717, 1.165) is 17.7 Å². The van der Waals surface area contributed by atoms with Crippen molar-refractivity contribution in [3.05, 3.63) is 93.9 Å². The number of hydrogen-bond donors (Lipinski definition) is 1. The zero-order chi connectivity index (χ0) is 19.4. The third-order valence-corrected chi connectivity index (χ3v) is 3.95. The smallest absolute Gasteiger partial charge is 0.263 e. The summed E-state index contributed by atoms with van der Waals surface area (Å²) in [5.74, 6) is -2.08. The molecule has 0 aliphatic rings. The number of carbonyl (C=O) groups excluding carboxylic acids is 1. The van der Waals surface area contributed by atoms with Crippen molar-refractivity contribution in [1.29, 1.82) is 0 Å². The highest BCUT2D eigenvalue weighted by Gasteiger charge is 2.17. The van der Waals surface area contributed by atoms with Crippen molar-refractivity contribution in [2.45, 2.75) is 6.54 Å². The average Bonchev–Trinajstić information content (AvgIpc) is 2.66. The van der Waals surface area contributed by atoms with Crippen LogP contribution in [0.3, 0.4) is 0 Å².